The van der Waals surface area contributed by atoms with Gasteiger partial charge in [0, 0.05) is 23.6 Å². The van der Waals surface area contributed by atoms with Gasteiger partial charge in [-0.15, -0.1) is 0 Å². The zero-order chi connectivity index (χ0) is 24.8. The number of nitrogen functional groups attached to an aromatic ring is 1. The summed E-state index contributed by atoms with van der Waals surface area (Å²) < 4.78 is 11.7. The highest BCUT2D eigenvalue weighted by atomic mass is 16.5. The van der Waals surface area contributed by atoms with Crippen molar-refractivity contribution in [3.8, 4) is 5.75 Å². The number of fused-ring (bicyclic) bond motifs is 1. The predicted molar refractivity (Wildman–Crippen MR) is 138 cm³/mol. The molecule has 0 aliphatic heterocycles. The fourth-order valence-corrected chi connectivity index (χ4v) is 3.65. The SMILES string of the molecule is CN(C)Cc1ccc2cc(N(C=O)CCOc3ccc(C(=O)Nc4ccccc4N)cc3)oc2c1. The number of carbonyl (C=O) groups excluding carboxylic acids is 2. The van der Waals surface area contributed by atoms with Crippen LogP contribution in [0.5, 0.6) is 5.75 Å². The first-order chi connectivity index (χ1) is 16.9. The monoisotopic (exact) mass is 472 g/mol. The van der Waals surface area contributed by atoms with E-state index in [1.807, 2.05) is 32.3 Å². The van der Waals surface area contributed by atoms with Crippen LogP contribution in [0.1, 0.15) is 15.9 Å². The number of rotatable bonds is 10. The molecule has 0 saturated heterocycles. The van der Waals surface area contributed by atoms with Gasteiger partial charge in [-0.3, -0.25) is 14.5 Å². The molecule has 0 aliphatic rings. The van der Waals surface area contributed by atoms with Gasteiger partial charge in [0.15, 0.2) is 0 Å². The fourth-order valence-electron chi connectivity index (χ4n) is 3.65. The van der Waals surface area contributed by atoms with E-state index < -0.39 is 0 Å². The molecule has 0 saturated carbocycles. The van der Waals surface area contributed by atoms with Crippen molar-refractivity contribution >= 4 is 40.5 Å². The molecule has 180 valence electrons. The van der Waals surface area contributed by atoms with Gasteiger partial charge in [0.25, 0.3) is 5.91 Å². The van der Waals surface area contributed by atoms with Crippen LogP contribution in [-0.2, 0) is 11.3 Å². The second kappa shape index (κ2) is 10.8. The molecule has 0 unspecified atom stereocenters. The van der Waals surface area contributed by atoms with Gasteiger partial charge in [-0.05, 0) is 62.1 Å². The molecule has 3 N–H and O–H groups in total. The summed E-state index contributed by atoms with van der Waals surface area (Å²) in [5.74, 6) is 0.789. The summed E-state index contributed by atoms with van der Waals surface area (Å²) in [5, 5.41) is 3.72. The number of hydrogen-bond acceptors (Lipinski definition) is 6. The first kappa shape index (κ1) is 23.8. The number of benzene rings is 3. The molecule has 8 heteroatoms. The second-order valence-electron chi connectivity index (χ2n) is 8.41. The van der Waals surface area contributed by atoms with Crippen molar-refractivity contribution in [2.24, 2.45) is 0 Å². The van der Waals surface area contributed by atoms with Gasteiger partial charge >= 0.3 is 0 Å². The summed E-state index contributed by atoms with van der Waals surface area (Å²) in [4.78, 5) is 27.7. The van der Waals surface area contributed by atoms with Crippen LogP contribution in [-0.4, -0.2) is 44.5 Å². The van der Waals surface area contributed by atoms with Crippen LogP contribution in [0.4, 0.5) is 17.3 Å². The highest BCUT2D eigenvalue weighted by Gasteiger charge is 2.13. The number of ether oxygens (including phenoxy) is 1. The first-order valence-corrected chi connectivity index (χ1v) is 11.2. The fraction of sp³-hybridized carbons (Fsp3) is 0.185. The van der Waals surface area contributed by atoms with Crippen molar-refractivity contribution in [1.82, 2.24) is 4.90 Å². The number of amides is 2. The Bertz CT molecular complexity index is 1310. The summed E-state index contributed by atoms with van der Waals surface area (Å²) in [6.07, 6.45) is 0.727. The number of furan rings is 1. The molecule has 4 aromatic rings. The molecule has 0 aliphatic carbocycles. The maximum absolute atomic E-state index is 12.5. The van der Waals surface area contributed by atoms with Crippen LogP contribution in [0.25, 0.3) is 11.0 Å². The molecule has 0 radical (unpaired) electrons. The van der Waals surface area contributed by atoms with E-state index in [1.54, 1.807) is 48.5 Å². The Hall–Kier alpha value is -4.30. The maximum atomic E-state index is 12.5. The number of hydrogen-bond donors (Lipinski definition) is 2. The Morgan fingerprint density at radius 2 is 1.83 bits per heavy atom. The van der Waals surface area contributed by atoms with Gasteiger partial charge in [-0.1, -0.05) is 24.3 Å². The van der Waals surface area contributed by atoms with Gasteiger partial charge in [-0.25, -0.2) is 0 Å². The average molecular weight is 473 g/mol. The molecule has 8 nitrogen and oxygen atoms in total. The van der Waals surface area contributed by atoms with E-state index in [2.05, 4.69) is 16.3 Å². The highest BCUT2D eigenvalue weighted by Crippen LogP contribution is 2.27. The summed E-state index contributed by atoms with van der Waals surface area (Å²) in [6.45, 7) is 1.37. The Morgan fingerprint density at radius 1 is 1.06 bits per heavy atom. The second-order valence-corrected chi connectivity index (χ2v) is 8.41. The number of nitrogens with one attached hydrogen (secondary N) is 1. The number of carbonyl (C=O) groups is 2. The normalized spacial score (nSPS) is 10.9. The van der Waals surface area contributed by atoms with Gasteiger partial charge in [0.05, 0.1) is 17.9 Å². The third-order valence-corrected chi connectivity index (χ3v) is 5.41. The Kier molecular flexibility index (Phi) is 7.32. The van der Waals surface area contributed by atoms with Crippen LogP contribution in [0.3, 0.4) is 0 Å². The molecule has 3 aromatic carbocycles. The lowest BCUT2D eigenvalue weighted by Gasteiger charge is -2.14. The third-order valence-electron chi connectivity index (χ3n) is 5.41. The Labute approximate surface area is 203 Å². The quantitative estimate of drug-likeness (QED) is 0.263. The molecule has 1 aromatic heterocycles. The minimum atomic E-state index is -0.264. The lowest BCUT2D eigenvalue weighted by atomic mass is 10.1. The lowest BCUT2D eigenvalue weighted by Crippen LogP contribution is -2.26. The van der Waals surface area contributed by atoms with E-state index >= 15 is 0 Å². The largest absolute Gasteiger partial charge is 0.492 e. The van der Waals surface area contributed by atoms with E-state index in [4.69, 9.17) is 14.9 Å². The maximum Gasteiger partial charge on any atom is 0.255 e. The minimum Gasteiger partial charge on any atom is -0.492 e. The van der Waals surface area contributed by atoms with Crippen LogP contribution in [0.15, 0.2) is 77.2 Å². The standard InChI is InChI=1S/C27H28N4O4/c1-30(2)17-19-7-8-21-16-26(35-25(21)15-19)31(18-32)13-14-34-22-11-9-20(10-12-22)27(33)29-24-6-4-3-5-23(24)28/h3-12,15-16,18H,13-14,17,28H2,1-2H3,(H,29,33). The molecule has 35 heavy (non-hydrogen) atoms. The minimum absolute atomic E-state index is 0.258. The van der Waals surface area contributed by atoms with Crippen molar-refractivity contribution < 1.29 is 18.7 Å². The van der Waals surface area contributed by atoms with E-state index in [-0.39, 0.29) is 12.5 Å². The number of nitrogens with two attached hydrogens (primary N) is 1. The molecule has 0 bridgehead atoms. The van der Waals surface area contributed by atoms with Crippen LogP contribution in [0, 0.1) is 0 Å². The highest BCUT2D eigenvalue weighted by molar-refractivity contribution is 6.05. The topological polar surface area (TPSA) is 101 Å². The Balaban J connectivity index is 1.33. The number of nitrogens with zero attached hydrogens (tertiary/aromatic N) is 2. The number of para-hydroxylation sites is 2. The van der Waals surface area contributed by atoms with Crippen molar-refractivity contribution in [3.05, 3.63) is 83.9 Å². The molecule has 0 spiro atoms. The summed E-state index contributed by atoms with van der Waals surface area (Å²) in [5.41, 5.74) is 9.28. The average Bonchev–Trinajstić information content (AvgIpc) is 3.26. The van der Waals surface area contributed by atoms with Crippen molar-refractivity contribution in [3.63, 3.8) is 0 Å². The molecular weight excluding hydrogens is 444 g/mol. The zero-order valence-electron chi connectivity index (χ0n) is 19.7. The van der Waals surface area contributed by atoms with Crippen LogP contribution in [0.2, 0.25) is 0 Å². The molecule has 4 rings (SSSR count). The zero-order valence-corrected chi connectivity index (χ0v) is 19.7. The summed E-state index contributed by atoms with van der Waals surface area (Å²) in [7, 11) is 4.02. The van der Waals surface area contributed by atoms with E-state index in [9.17, 15) is 9.59 Å². The molecular formula is C27H28N4O4. The van der Waals surface area contributed by atoms with Gasteiger partial charge in [-0.2, -0.15) is 0 Å². The molecule has 0 atom stereocenters. The number of anilines is 3. The third kappa shape index (κ3) is 5.99. The predicted octanol–water partition coefficient (Wildman–Crippen LogP) is 4.37. The van der Waals surface area contributed by atoms with Crippen molar-refractivity contribution in [2.75, 3.05) is 43.2 Å². The van der Waals surface area contributed by atoms with Crippen LogP contribution < -0.4 is 20.7 Å². The van der Waals surface area contributed by atoms with E-state index in [0.29, 0.717) is 35.1 Å². The molecule has 1 heterocycles. The van der Waals surface area contributed by atoms with E-state index in [1.165, 1.54) is 4.90 Å². The summed E-state index contributed by atoms with van der Waals surface area (Å²) in [6, 6.07) is 21.7. The smallest absolute Gasteiger partial charge is 0.255 e. The van der Waals surface area contributed by atoms with Crippen molar-refractivity contribution in [2.45, 2.75) is 6.54 Å². The Morgan fingerprint density at radius 3 is 2.54 bits per heavy atom. The van der Waals surface area contributed by atoms with E-state index in [0.717, 1.165) is 29.5 Å². The van der Waals surface area contributed by atoms with Crippen molar-refractivity contribution in [1.29, 1.82) is 0 Å². The van der Waals surface area contributed by atoms with Gasteiger partial charge in [0.2, 0.25) is 12.3 Å². The van der Waals surface area contributed by atoms with Gasteiger partial charge in [0.1, 0.15) is 17.9 Å². The lowest BCUT2D eigenvalue weighted by molar-refractivity contribution is -0.107. The van der Waals surface area contributed by atoms with Gasteiger partial charge < -0.3 is 25.1 Å². The summed E-state index contributed by atoms with van der Waals surface area (Å²) >= 11 is 0. The molecule has 0 fully saturated rings. The van der Waals surface area contributed by atoms with Crippen LogP contribution >= 0.6 is 0 Å². The first-order valence-electron chi connectivity index (χ1n) is 11.2. The molecule has 2 amide bonds.